The fraction of sp³-hybridized carbons (Fsp3) is 0.385. The molecule has 0 atom stereocenters. The van der Waals surface area contributed by atoms with Gasteiger partial charge in [0.15, 0.2) is 11.6 Å². The third-order valence-electron chi connectivity index (χ3n) is 2.73. The minimum atomic E-state index is -0.309. The van der Waals surface area contributed by atoms with E-state index >= 15 is 0 Å². The number of anilines is 1. The molecule has 2 aromatic heterocycles. The lowest BCUT2D eigenvalue weighted by Gasteiger charge is -2.18. The molecule has 0 aliphatic heterocycles. The van der Waals surface area contributed by atoms with Crippen molar-refractivity contribution in [3.63, 3.8) is 0 Å². The van der Waals surface area contributed by atoms with Gasteiger partial charge in [-0.1, -0.05) is 6.92 Å². The third kappa shape index (κ3) is 2.67. The van der Waals surface area contributed by atoms with Crippen LogP contribution < -0.4 is 4.90 Å². The Morgan fingerprint density at radius 2 is 2.11 bits per heavy atom. The van der Waals surface area contributed by atoms with Crippen molar-refractivity contribution in [2.24, 2.45) is 0 Å². The van der Waals surface area contributed by atoms with Crippen molar-refractivity contribution in [3.8, 4) is 0 Å². The molecule has 2 aromatic rings. The molecule has 0 radical (unpaired) electrons. The Bertz CT molecular complexity index is 539. The van der Waals surface area contributed by atoms with Crippen LogP contribution in [0.1, 0.15) is 22.4 Å². The van der Waals surface area contributed by atoms with Crippen LogP contribution >= 0.6 is 11.3 Å². The summed E-state index contributed by atoms with van der Waals surface area (Å²) < 4.78 is 14.1. The molecular weight excluding hydrogens is 249 g/mol. The second kappa shape index (κ2) is 5.44. The van der Waals surface area contributed by atoms with Crippen LogP contribution in [0.15, 0.2) is 18.5 Å². The molecular formula is C13H16FN3S. The summed E-state index contributed by atoms with van der Waals surface area (Å²) in [6.07, 6.45) is 2.00. The molecule has 0 N–H and O–H groups in total. The number of rotatable bonds is 4. The van der Waals surface area contributed by atoms with Crippen LogP contribution in [0.3, 0.4) is 0 Å². The largest absolute Gasteiger partial charge is 0.352 e. The van der Waals surface area contributed by atoms with Crippen LogP contribution in [-0.2, 0) is 13.0 Å². The van der Waals surface area contributed by atoms with Crippen molar-refractivity contribution in [1.82, 2.24) is 9.97 Å². The molecule has 18 heavy (non-hydrogen) atoms. The summed E-state index contributed by atoms with van der Waals surface area (Å²) in [6, 6.07) is 4.14. The molecule has 0 aromatic carbocycles. The van der Waals surface area contributed by atoms with Crippen LogP contribution in [0.5, 0.6) is 0 Å². The number of nitrogens with zero attached hydrogens (tertiary/aromatic N) is 3. The summed E-state index contributed by atoms with van der Waals surface area (Å²) >= 11 is 1.72. The Balaban J connectivity index is 2.21. The summed E-state index contributed by atoms with van der Waals surface area (Å²) in [6.45, 7) is 4.61. The second-order valence-corrected chi connectivity index (χ2v) is 5.55. The van der Waals surface area contributed by atoms with Crippen LogP contribution in [0.4, 0.5) is 10.2 Å². The van der Waals surface area contributed by atoms with E-state index in [1.54, 1.807) is 11.3 Å². The molecule has 0 saturated heterocycles. The molecule has 0 aliphatic rings. The number of halogens is 1. The van der Waals surface area contributed by atoms with Crippen LogP contribution in [-0.4, -0.2) is 17.0 Å². The summed E-state index contributed by atoms with van der Waals surface area (Å²) in [5.74, 6) is 0.0590. The predicted molar refractivity (Wildman–Crippen MR) is 72.5 cm³/mol. The van der Waals surface area contributed by atoms with E-state index in [1.165, 1.54) is 16.1 Å². The average molecular weight is 265 g/mol. The Morgan fingerprint density at radius 3 is 2.72 bits per heavy atom. The summed E-state index contributed by atoms with van der Waals surface area (Å²) in [7, 11) is 1.85. The van der Waals surface area contributed by atoms with Gasteiger partial charge in [-0.3, -0.25) is 0 Å². The molecule has 0 saturated carbocycles. The summed E-state index contributed by atoms with van der Waals surface area (Å²) in [4.78, 5) is 12.3. The predicted octanol–water partition coefficient (Wildman–Crippen LogP) is 3.18. The molecule has 96 valence electrons. The number of thiophene rings is 1. The standard InChI is InChI=1S/C13H16FN3S/c1-4-11-12(14)13(16-8-15-11)17(3)7-10-6-5-9(2)18-10/h5-6,8H,4,7H2,1-3H3. The Kier molecular flexibility index (Phi) is 3.91. The average Bonchev–Trinajstić information content (AvgIpc) is 2.75. The van der Waals surface area contributed by atoms with Gasteiger partial charge >= 0.3 is 0 Å². The molecule has 0 amide bonds. The molecule has 3 nitrogen and oxygen atoms in total. The van der Waals surface area contributed by atoms with Crippen molar-refractivity contribution >= 4 is 17.2 Å². The van der Waals surface area contributed by atoms with Crippen LogP contribution in [0, 0.1) is 12.7 Å². The van der Waals surface area contributed by atoms with Crippen molar-refractivity contribution in [2.45, 2.75) is 26.8 Å². The minimum absolute atomic E-state index is 0.309. The highest BCUT2D eigenvalue weighted by molar-refractivity contribution is 7.11. The first kappa shape index (κ1) is 13.0. The highest BCUT2D eigenvalue weighted by Gasteiger charge is 2.14. The lowest BCUT2D eigenvalue weighted by Crippen LogP contribution is -2.19. The zero-order valence-corrected chi connectivity index (χ0v) is 11.6. The van der Waals surface area contributed by atoms with Crippen molar-refractivity contribution in [3.05, 3.63) is 39.7 Å². The van der Waals surface area contributed by atoms with E-state index in [4.69, 9.17) is 0 Å². The molecule has 0 unspecified atom stereocenters. The fourth-order valence-corrected chi connectivity index (χ4v) is 2.73. The Hall–Kier alpha value is -1.49. The smallest absolute Gasteiger partial charge is 0.187 e. The first-order valence-corrected chi connectivity index (χ1v) is 6.69. The van der Waals surface area contributed by atoms with Crippen molar-refractivity contribution < 1.29 is 4.39 Å². The molecule has 2 heterocycles. The van der Waals surface area contributed by atoms with E-state index in [0.29, 0.717) is 24.5 Å². The maximum Gasteiger partial charge on any atom is 0.187 e. The molecule has 0 aliphatic carbocycles. The number of hydrogen-bond acceptors (Lipinski definition) is 4. The van der Waals surface area contributed by atoms with Crippen molar-refractivity contribution in [1.29, 1.82) is 0 Å². The Labute approximate surface area is 110 Å². The lowest BCUT2D eigenvalue weighted by molar-refractivity contribution is 0.588. The van der Waals surface area contributed by atoms with Crippen molar-refractivity contribution in [2.75, 3.05) is 11.9 Å². The maximum absolute atomic E-state index is 14.1. The number of hydrogen-bond donors (Lipinski definition) is 0. The molecule has 5 heteroatoms. The SMILES string of the molecule is CCc1ncnc(N(C)Cc2ccc(C)s2)c1F. The molecule has 0 bridgehead atoms. The van der Waals surface area contributed by atoms with Gasteiger partial charge in [0.05, 0.1) is 12.2 Å². The van der Waals surface area contributed by atoms with E-state index in [0.717, 1.165) is 0 Å². The first-order valence-electron chi connectivity index (χ1n) is 5.87. The van der Waals surface area contributed by atoms with Gasteiger partial charge in [0.2, 0.25) is 0 Å². The quantitative estimate of drug-likeness (QED) is 0.850. The summed E-state index contributed by atoms with van der Waals surface area (Å²) in [5, 5.41) is 0. The molecule has 0 fully saturated rings. The molecule has 0 spiro atoms. The normalized spacial score (nSPS) is 10.7. The zero-order chi connectivity index (χ0) is 13.1. The molecule has 2 rings (SSSR count). The topological polar surface area (TPSA) is 29.0 Å². The fourth-order valence-electron chi connectivity index (χ4n) is 1.79. The van der Waals surface area contributed by atoms with Gasteiger partial charge in [-0.15, -0.1) is 11.3 Å². The zero-order valence-electron chi connectivity index (χ0n) is 10.8. The van der Waals surface area contributed by atoms with Gasteiger partial charge in [-0.2, -0.15) is 0 Å². The van der Waals surface area contributed by atoms with Gasteiger partial charge in [0.25, 0.3) is 0 Å². The second-order valence-electron chi connectivity index (χ2n) is 4.18. The monoisotopic (exact) mass is 265 g/mol. The Morgan fingerprint density at radius 1 is 1.33 bits per heavy atom. The number of aryl methyl sites for hydroxylation is 2. The minimum Gasteiger partial charge on any atom is -0.352 e. The highest BCUT2D eigenvalue weighted by atomic mass is 32.1. The van der Waals surface area contributed by atoms with Gasteiger partial charge in [-0.25, -0.2) is 14.4 Å². The van der Waals surface area contributed by atoms with Crippen LogP contribution in [0.25, 0.3) is 0 Å². The first-order chi connectivity index (χ1) is 8.61. The maximum atomic E-state index is 14.1. The van der Waals surface area contributed by atoms with Gasteiger partial charge in [-0.05, 0) is 25.5 Å². The van der Waals surface area contributed by atoms with E-state index < -0.39 is 0 Å². The third-order valence-corrected chi connectivity index (χ3v) is 3.71. The van der Waals surface area contributed by atoms with Gasteiger partial charge < -0.3 is 4.90 Å². The van der Waals surface area contributed by atoms with Gasteiger partial charge in [0, 0.05) is 16.8 Å². The highest BCUT2D eigenvalue weighted by Crippen LogP contribution is 2.22. The van der Waals surface area contributed by atoms with E-state index in [9.17, 15) is 4.39 Å². The summed E-state index contributed by atoms with van der Waals surface area (Å²) in [5.41, 5.74) is 0.467. The van der Waals surface area contributed by atoms with Gasteiger partial charge in [0.1, 0.15) is 6.33 Å². The van der Waals surface area contributed by atoms with Crippen LogP contribution in [0.2, 0.25) is 0 Å². The number of aromatic nitrogens is 2. The lowest BCUT2D eigenvalue weighted by atomic mass is 10.3. The van der Waals surface area contributed by atoms with E-state index in [-0.39, 0.29) is 5.82 Å². The van der Waals surface area contributed by atoms with E-state index in [1.807, 2.05) is 18.9 Å². The van der Waals surface area contributed by atoms with E-state index in [2.05, 4.69) is 29.0 Å².